The molecule has 0 aliphatic heterocycles. The number of ether oxygens (including phenoxy) is 1. The van der Waals surface area contributed by atoms with Gasteiger partial charge in [-0.2, -0.15) is 0 Å². The lowest BCUT2D eigenvalue weighted by Gasteiger charge is -2.11. The van der Waals surface area contributed by atoms with E-state index in [1.807, 2.05) is 35.9 Å². The normalized spacial score (nSPS) is 12.2. The Balaban J connectivity index is 1.88. The van der Waals surface area contributed by atoms with Crippen molar-refractivity contribution in [3.8, 4) is 11.4 Å². The number of benzene rings is 1. The minimum absolute atomic E-state index is 0.570. The number of nitrogens with zero attached hydrogens (tertiary/aromatic N) is 4. The molecular formula is C18H20N4O2. The number of aryl methyl sites for hydroxylation is 1. The Kier molecular flexibility index (Phi) is 4.57. The average Bonchev–Trinajstić information content (AvgIpc) is 3.01. The van der Waals surface area contributed by atoms with Crippen molar-refractivity contribution < 1.29 is 9.84 Å². The van der Waals surface area contributed by atoms with Crippen molar-refractivity contribution in [1.82, 2.24) is 19.5 Å². The third-order valence-electron chi connectivity index (χ3n) is 3.75. The van der Waals surface area contributed by atoms with Crippen LogP contribution in [0.15, 0.2) is 43.0 Å². The molecule has 2 aromatic heterocycles. The van der Waals surface area contributed by atoms with Crippen molar-refractivity contribution in [3.63, 3.8) is 0 Å². The Morgan fingerprint density at radius 2 is 2.08 bits per heavy atom. The van der Waals surface area contributed by atoms with Gasteiger partial charge in [0, 0.05) is 18.8 Å². The molecular weight excluding hydrogens is 304 g/mol. The van der Waals surface area contributed by atoms with Crippen LogP contribution in [0.25, 0.3) is 5.69 Å². The summed E-state index contributed by atoms with van der Waals surface area (Å²) in [4.78, 5) is 12.9. The molecule has 0 bridgehead atoms. The lowest BCUT2D eigenvalue weighted by Crippen LogP contribution is -2.03. The zero-order valence-electron chi connectivity index (χ0n) is 14.0. The Hall–Kier alpha value is -2.73. The van der Waals surface area contributed by atoms with Gasteiger partial charge in [0.05, 0.1) is 36.6 Å². The fourth-order valence-corrected chi connectivity index (χ4v) is 2.51. The third kappa shape index (κ3) is 3.44. The van der Waals surface area contributed by atoms with E-state index in [4.69, 9.17) is 4.74 Å². The molecule has 0 fully saturated rings. The van der Waals surface area contributed by atoms with Crippen molar-refractivity contribution in [2.45, 2.75) is 26.4 Å². The molecule has 0 saturated carbocycles. The van der Waals surface area contributed by atoms with E-state index in [9.17, 15) is 5.11 Å². The van der Waals surface area contributed by atoms with Crippen molar-refractivity contribution in [2.75, 3.05) is 7.11 Å². The van der Waals surface area contributed by atoms with Gasteiger partial charge in [0.15, 0.2) is 0 Å². The summed E-state index contributed by atoms with van der Waals surface area (Å²) in [6, 6.07) is 7.71. The Morgan fingerprint density at radius 1 is 1.25 bits per heavy atom. The number of aliphatic hydroxyl groups is 1. The van der Waals surface area contributed by atoms with Gasteiger partial charge in [0.25, 0.3) is 0 Å². The molecule has 0 spiro atoms. The van der Waals surface area contributed by atoms with Crippen LogP contribution in [0.2, 0.25) is 0 Å². The van der Waals surface area contributed by atoms with Gasteiger partial charge in [0.2, 0.25) is 0 Å². The molecule has 124 valence electrons. The second kappa shape index (κ2) is 6.80. The van der Waals surface area contributed by atoms with E-state index in [-0.39, 0.29) is 0 Å². The molecule has 1 unspecified atom stereocenters. The quantitative estimate of drug-likeness (QED) is 0.781. The second-order valence-corrected chi connectivity index (χ2v) is 5.68. The van der Waals surface area contributed by atoms with Crippen LogP contribution in [-0.2, 0) is 6.42 Å². The lowest BCUT2D eigenvalue weighted by molar-refractivity contribution is 0.194. The van der Waals surface area contributed by atoms with Gasteiger partial charge in [-0.15, -0.1) is 0 Å². The van der Waals surface area contributed by atoms with Crippen molar-refractivity contribution in [3.05, 3.63) is 65.8 Å². The van der Waals surface area contributed by atoms with E-state index in [1.165, 1.54) is 0 Å². The molecule has 6 nitrogen and oxygen atoms in total. The molecule has 1 atom stereocenters. The van der Waals surface area contributed by atoms with Gasteiger partial charge < -0.3 is 14.4 Å². The molecule has 3 aromatic rings. The van der Waals surface area contributed by atoms with E-state index >= 15 is 0 Å². The standard InChI is InChI=1S/C18H20N4O2/c1-12-10-22(11-20-12)16-5-4-14(8-17(16)24-3)9-18-19-7-6-15(21-18)13(2)23/h4-8,10-11,13,23H,9H2,1-3H3. The molecule has 1 aromatic carbocycles. The first kappa shape index (κ1) is 16.1. The van der Waals surface area contributed by atoms with Crippen LogP contribution in [0.4, 0.5) is 0 Å². The molecule has 3 rings (SSSR count). The van der Waals surface area contributed by atoms with E-state index in [0.29, 0.717) is 17.9 Å². The Labute approximate surface area is 140 Å². The molecule has 0 aliphatic carbocycles. The summed E-state index contributed by atoms with van der Waals surface area (Å²) >= 11 is 0. The summed E-state index contributed by atoms with van der Waals surface area (Å²) < 4.78 is 7.45. The fraction of sp³-hybridized carbons (Fsp3) is 0.278. The number of hydrogen-bond donors (Lipinski definition) is 1. The van der Waals surface area contributed by atoms with E-state index < -0.39 is 6.10 Å². The van der Waals surface area contributed by atoms with Gasteiger partial charge in [-0.05, 0) is 37.6 Å². The highest BCUT2D eigenvalue weighted by Crippen LogP contribution is 2.25. The number of aromatic nitrogens is 4. The molecule has 2 heterocycles. The van der Waals surface area contributed by atoms with Gasteiger partial charge in [-0.3, -0.25) is 0 Å². The summed E-state index contributed by atoms with van der Waals surface area (Å²) in [5, 5.41) is 9.64. The first-order valence-electron chi connectivity index (χ1n) is 7.74. The monoisotopic (exact) mass is 324 g/mol. The summed E-state index contributed by atoms with van der Waals surface area (Å²) in [6.45, 7) is 3.64. The topological polar surface area (TPSA) is 73.1 Å². The molecule has 0 aliphatic rings. The minimum atomic E-state index is -0.604. The number of aliphatic hydroxyl groups excluding tert-OH is 1. The number of imidazole rings is 1. The zero-order valence-corrected chi connectivity index (χ0v) is 14.0. The maximum atomic E-state index is 9.64. The molecule has 24 heavy (non-hydrogen) atoms. The maximum Gasteiger partial charge on any atom is 0.143 e. The number of hydrogen-bond acceptors (Lipinski definition) is 5. The SMILES string of the molecule is COc1cc(Cc2nccc(C(C)O)n2)ccc1-n1cnc(C)c1. The van der Waals surface area contributed by atoms with Crippen LogP contribution in [0.1, 0.15) is 35.8 Å². The Morgan fingerprint density at radius 3 is 2.75 bits per heavy atom. The van der Waals surface area contributed by atoms with Crippen molar-refractivity contribution in [2.24, 2.45) is 0 Å². The highest BCUT2D eigenvalue weighted by atomic mass is 16.5. The van der Waals surface area contributed by atoms with Gasteiger partial charge in [0.1, 0.15) is 11.6 Å². The predicted molar refractivity (Wildman–Crippen MR) is 90.3 cm³/mol. The Bertz CT molecular complexity index is 843. The van der Waals surface area contributed by atoms with Gasteiger partial charge in [-0.1, -0.05) is 6.07 Å². The highest BCUT2D eigenvalue weighted by Gasteiger charge is 2.10. The third-order valence-corrected chi connectivity index (χ3v) is 3.75. The smallest absolute Gasteiger partial charge is 0.143 e. The summed E-state index contributed by atoms with van der Waals surface area (Å²) in [5.41, 5.74) is 3.54. The van der Waals surface area contributed by atoms with Crippen LogP contribution >= 0.6 is 0 Å². The summed E-state index contributed by atoms with van der Waals surface area (Å²) in [7, 11) is 1.65. The van der Waals surface area contributed by atoms with Crippen LogP contribution in [0.3, 0.4) is 0 Å². The second-order valence-electron chi connectivity index (χ2n) is 5.68. The van der Waals surface area contributed by atoms with E-state index in [1.54, 1.807) is 32.6 Å². The van der Waals surface area contributed by atoms with Crippen LogP contribution in [0.5, 0.6) is 5.75 Å². The highest BCUT2D eigenvalue weighted by molar-refractivity contribution is 5.49. The number of methoxy groups -OCH3 is 1. The van der Waals surface area contributed by atoms with Crippen LogP contribution in [0, 0.1) is 6.92 Å². The molecule has 0 amide bonds. The van der Waals surface area contributed by atoms with E-state index in [2.05, 4.69) is 15.0 Å². The summed E-state index contributed by atoms with van der Waals surface area (Å²) in [5.74, 6) is 1.43. The molecule has 6 heteroatoms. The van der Waals surface area contributed by atoms with Crippen molar-refractivity contribution in [1.29, 1.82) is 0 Å². The van der Waals surface area contributed by atoms with Gasteiger partial charge in [-0.25, -0.2) is 15.0 Å². The van der Waals surface area contributed by atoms with E-state index in [0.717, 1.165) is 22.7 Å². The first-order valence-corrected chi connectivity index (χ1v) is 7.74. The molecule has 0 radical (unpaired) electrons. The maximum absolute atomic E-state index is 9.64. The predicted octanol–water partition coefficient (Wildman–Crippen LogP) is 2.62. The van der Waals surface area contributed by atoms with Crippen molar-refractivity contribution >= 4 is 0 Å². The summed E-state index contributed by atoms with van der Waals surface area (Å²) in [6.07, 6.45) is 5.35. The molecule has 0 saturated heterocycles. The van der Waals surface area contributed by atoms with Crippen LogP contribution < -0.4 is 4.74 Å². The van der Waals surface area contributed by atoms with Gasteiger partial charge >= 0.3 is 0 Å². The largest absolute Gasteiger partial charge is 0.495 e. The fourth-order valence-electron chi connectivity index (χ4n) is 2.51. The average molecular weight is 324 g/mol. The van der Waals surface area contributed by atoms with Crippen LogP contribution in [-0.4, -0.2) is 31.7 Å². The lowest BCUT2D eigenvalue weighted by atomic mass is 10.1. The first-order chi connectivity index (χ1) is 11.6. The minimum Gasteiger partial charge on any atom is -0.495 e. The zero-order chi connectivity index (χ0) is 17.1. The molecule has 1 N–H and O–H groups in total. The number of rotatable bonds is 5.